The first-order valence-electron chi connectivity index (χ1n) is 6.91. The minimum Gasteiger partial charge on any atom is -0.507 e. The minimum absolute atomic E-state index is 0.0382. The average Bonchev–Trinajstić information content (AvgIpc) is 2.85. The number of nitrogens with zero attached hydrogens (tertiary/aromatic N) is 1. The van der Waals surface area contributed by atoms with Crippen LogP contribution in [0.2, 0.25) is 5.02 Å². The van der Waals surface area contributed by atoms with Crippen LogP contribution in [0.5, 0.6) is 5.75 Å². The molecule has 0 spiro atoms. The van der Waals surface area contributed by atoms with E-state index in [4.69, 9.17) is 11.6 Å². The van der Waals surface area contributed by atoms with Crippen molar-refractivity contribution in [1.82, 2.24) is 0 Å². The fourth-order valence-electron chi connectivity index (χ4n) is 2.82. The molecular formula is C17H16ClNO2. The monoisotopic (exact) mass is 301 g/mol. The molecule has 1 aliphatic rings. The minimum atomic E-state index is -0.182. The first kappa shape index (κ1) is 14.0. The van der Waals surface area contributed by atoms with Crippen LogP contribution in [-0.4, -0.2) is 17.4 Å². The molecule has 3 nitrogen and oxygen atoms in total. The van der Waals surface area contributed by atoms with Crippen molar-refractivity contribution in [3.63, 3.8) is 0 Å². The Kier molecular flexibility index (Phi) is 3.60. The van der Waals surface area contributed by atoms with Gasteiger partial charge in [0.05, 0.1) is 5.56 Å². The van der Waals surface area contributed by atoms with Crippen molar-refractivity contribution in [1.29, 1.82) is 0 Å². The average molecular weight is 302 g/mol. The maximum Gasteiger partial charge on any atom is 0.163 e. The maximum absolute atomic E-state index is 11.6. The fourth-order valence-corrected chi connectivity index (χ4v) is 3.06. The molecule has 2 aromatic carbocycles. The zero-order valence-electron chi connectivity index (χ0n) is 11.8. The lowest BCUT2D eigenvalue weighted by Gasteiger charge is -2.21. The van der Waals surface area contributed by atoms with Gasteiger partial charge in [0, 0.05) is 29.4 Å². The molecule has 1 aliphatic heterocycles. The van der Waals surface area contributed by atoms with E-state index in [1.54, 1.807) is 6.07 Å². The highest BCUT2D eigenvalue weighted by Crippen LogP contribution is 2.33. The molecule has 2 aromatic rings. The lowest BCUT2D eigenvalue weighted by molar-refractivity contribution is 0.101. The second-order valence-corrected chi connectivity index (χ2v) is 5.75. The van der Waals surface area contributed by atoms with Gasteiger partial charge in [-0.25, -0.2) is 0 Å². The third-order valence-corrected chi connectivity index (χ3v) is 4.10. The lowest BCUT2D eigenvalue weighted by atomic mass is 10.1. The molecule has 0 aromatic heterocycles. The fraction of sp³-hybridized carbons (Fsp3) is 0.235. The summed E-state index contributed by atoms with van der Waals surface area (Å²) >= 11 is 6.07. The van der Waals surface area contributed by atoms with Crippen LogP contribution in [0.1, 0.15) is 28.4 Å². The number of hydrogen-bond acceptors (Lipinski definition) is 3. The Morgan fingerprint density at radius 1 is 1.33 bits per heavy atom. The summed E-state index contributed by atoms with van der Waals surface area (Å²) in [5.41, 5.74) is 3.46. The van der Waals surface area contributed by atoms with Crippen molar-refractivity contribution < 1.29 is 9.90 Å². The predicted molar refractivity (Wildman–Crippen MR) is 84.3 cm³/mol. The van der Waals surface area contributed by atoms with Gasteiger partial charge in [-0.15, -0.1) is 0 Å². The molecule has 4 heteroatoms. The van der Waals surface area contributed by atoms with Gasteiger partial charge in [0.25, 0.3) is 0 Å². The number of ketones is 1. The number of halogens is 1. The Balaban J connectivity index is 1.95. The molecule has 21 heavy (non-hydrogen) atoms. The zero-order chi connectivity index (χ0) is 15.0. The van der Waals surface area contributed by atoms with Crippen LogP contribution in [-0.2, 0) is 13.0 Å². The molecule has 0 bridgehead atoms. The number of benzene rings is 2. The van der Waals surface area contributed by atoms with Gasteiger partial charge in [0.1, 0.15) is 5.75 Å². The predicted octanol–water partition coefficient (Wildman–Crippen LogP) is 3.81. The van der Waals surface area contributed by atoms with Gasteiger partial charge in [-0.05, 0) is 37.1 Å². The Hall–Kier alpha value is -2.00. The van der Waals surface area contributed by atoms with E-state index in [0.29, 0.717) is 17.1 Å². The van der Waals surface area contributed by atoms with Crippen LogP contribution in [0.3, 0.4) is 0 Å². The summed E-state index contributed by atoms with van der Waals surface area (Å²) in [5, 5.41) is 10.8. The molecule has 0 fully saturated rings. The van der Waals surface area contributed by atoms with Crippen LogP contribution in [0, 0.1) is 0 Å². The van der Waals surface area contributed by atoms with Gasteiger partial charge >= 0.3 is 0 Å². The second kappa shape index (κ2) is 5.41. The molecule has 108 valence electrons. The number of para-hydroxylation sites is 1. The molecule has 0 aliphatic carbocycles. The largest absolute Gasteiger partial charge is 0.507 e. The summed E-state index contributed by atoms with van der Waals surface area (Å²) in [7, 11) is 0. The van der Waals surface area contributed by atoms with E-state index in [1.165, 1.54) is 24.2 Å². The van der Waals surface area contributed by atoms with Crippen LogP contribution in [0.4, 0.5) is 5.69 Å². The van der Waals surface area contributed by atoms with E-state index < -0.39 is 0 Å². The van der Waals surface area contributed by atoms with Gasteiger partial charge in [-0.3, -0.25) is 4.79 Å². The van der Waals surface area contributed by atoms with E-state index in [0.717, 1.165) is 13.0 Å². The van der Waals surface area contributed by atoms with Gasteiger partial charge in [-0.1, -0.05) is 29.8 Å². The molecule has 0 saturated heterocycles. The number of rotatable bonds is 3. The van der Waals surface area contributed by atoms with Crippen molar-refractivity contribution in [2.45, 2.75) is 19.9 Å². The number of anilines is 1. The van der Waals surface area contributed by atoms with E-state index in [2.05, 4.69) is 17.0 Å². The van der Waals surface area contributed by atoms with E-state index in [-0.39, 0.29) is 17.1 Å². The summed E-state index contributed by atoms with van der Waals surface area (Å²) in [6, 6.07) is 11.5. The summed E-state index contributed by atoms with van der Waals surface area (Å²) in [5.74, 6) is -0.144. The van der Waals surface area contributed by atoms with E-state index in [1.807, 2.05) is 12.1 Å². The Morgan fingerprint density at radius 2 is 2.10 bits per heavy atom. The number of phenols is 1. The number of aromatic hydroxyl groups is 1. The van der Waals surface area contributed by atoms with Gasteiger partial charge in [0.2, 0.25) is 0 Å². The molecule has 3 rings (SSSR count). The van der Waals surface area contributed by atoms with Gasteiger partial charge in [0.15, 0.2) is 5.78 Å². The highest BCUT2D eigenvalue weighted by Gasteiger charge is 2.21. The highest BCUT2D eigenvalue weighted by molar-refractivity contribution is 6.31. The van der Waals surface area contributed by atoms with Crippen molar-refractivity contribution in [2.24, 2.45) is 0 Å². The summed E-state index contributed by atoms with van der Waals surface area (Å²) in [6.07, 6.45) is 0.997. The smallest absolute Gasteiger partial charge is 0.163 e. The van der Waals surface area contributed by atoms with E-state index in [9.17, 15) is 9.90 Å². The van der Waals surface area contributed by atoms with Crippen LogP contribution >= 0.6 is 11.6 Å². The molecule has 0 amide bonds. The van der Waals surface area contributed by atoms with Crippen LogP contribution < -0.4 is 4.90 Å². The zero-order valence-corrected chi connectivity index (χ0v) is 12.5. The van der Waals surface area contributed by atoms with Crippen molar-refractivity contribution >= 4 is 23.1 Å². The second-order valence-electron chi connectivity index (χ2n) is 5.32. The van der Waals surface area contributed by atoms with Crippen LogP contribution in [0.15, 0.2) is 36.4 Å². The molecule has 0 atom stereocenters. The molecular weight excluding hydrogens is 286 g/mol. The SMILES string of the molecule is CC(=O)c1cc(Cl)cc(CN2CCc3ccccc32)c1O. The Bertz CT molecular complexity index is 712. The molecule has 1 heterocycles. The molecule has 0 saturated carbocycles. The van der Waals surface area contributed by atoms with Crippen molar-refractivity contribution in [2.75, 3.05) is 11.4 Å². The highest BCUT2D eigenvalue weighted by atomic mass is 35.5. The first-order valence-corrected chi connectivity index (χ1v) is 7.29. The van der Waals surface area contributed by atoms with Crippen molar-refractivity contribution in [3.8, 4) is 5.75 Å². The molecule has 1 N–H and O–H groups in total. The Morgan fingerprint density at radius 3 is 2.86 bits per heavy atom. The number of carbonyl (C=O) groups is 1. The first-order chi connectivity index (χ1) is 10.1. The van der Waals surface area contributed by atoms with Crippen LogP contribution in [0.25, 0.3) is 0 Å². The maximum atomic E-state index is 11.6. The van der Waals surface area contributed by atoms with Crippen molar-refractivity contribution in [3.05, 3.63) is 58.1 Å². The molecule has 0 radical (unpaired) electrons. The number of carbonyl (C=O) groups excluding carboxylic acids is 1. The Labute approximate surface area is 128 Å². The third-order valence-electron chi connectivity index (χ3n) is 3.88. The lowest BCUT2D eigenvalue weighted by Crippen LogP contribution is -2.20. The summed E-state index contributed by atoms with van der Waals surface area (Å²) < 4.78 is 0. The molecule has 0 unspecified atom stereocenters. The number of hydrogen-bond donors (Lipinski definition) is 1. The standard InChI is InChI=1S/C17H16ClNO2/c1-11(20)15-9-14(18)8-13(17(15)21)10-19-7-6-12-4-2-3-5-16(12)19/h2-5,8-9,21H,6-7,10H2,1H3. The van der Waals surface area contributed by atoms with Gasteiger partial charge in [-0.2, -0.15) is 0 Å². The quantitative estimate of drug-likeness (QED) is 0.876. The summed E-state index contributed by atoms with van der Waals surface area (Å²) in [6.45, 7) is 2.88. The van der Waals surface area contributed by atoms with Gasteiger partial charge < -0.3 is 10.0 Å². The summed E-state index contributed by atoms with van der Waals surface area (Å²) in [4.78, 5) is 13.8. The number of fused-ring (bicyclic) bond motifs is 1. The number of Topliss-reactive ketones (excluding diaryl/α,β-unsaturated/α-hetero) is 1. The number of phenolic OH excluding ortho intramolecular Hbond substituents is 1. The normalized spacial score (nSPS) is 13.3. The topological polar surface area (TPSA) is 40.5 Å². The van der Waals surface area contributed by atoms with E-state index >= 15 is 0 Å². The third kappa shape index (κ3) is 2.61.